The first-order valence-corrected chi connectivity index (χ1v) is 14.1. The normalized spacial score (nSPS) is 17.6. The van der Waals surface area contributed by atoms with Crippen molar-refractivity contribution in [1.82, 2.24) is 24.8 Å². The van der Waals surface area contributed by atoms with Gasteiger partial charge in [0.1, 0.15) is 0 Å². The summed E-state index contributed by atoms with van der Waals surface area (Å²) >= 11 is 12.6. The van der Waals surface area contributed by atoms with Gasteiger partial charge in [0.2, 0.25) is 11.8 Å². The number of likely N-dealkylation sites (N-methyl/N-ethyl adjacent to an activating group) is 1. The van der Waals surface area contributed by atoms with Gasteiger partial charge >= 0.3 is 0 Å². The maximum Gasteiger partial charge on any atom is 0.225 e. The smallest absolute Gasteiger partial charge is 0.225 e. The summed E-state index contributed by atoms with van der Waals surface area (Å²) < 4.78 is 6.15. The molecule has 39 heavy (non-hydrogen) atoms. The van der Waals surface area contributed by atoms with Gasteiger partial charge < -0.3 is 24.7 Å². The fraction of sp³-hybridized carbons (Fsp3) is 0.464. The molecule has 0 radical (unpaired) electrons. The van der Waals surface area contributed by atoms with Crippen molar-refractivity contribution >= 4 is 29.2 Å². The highest BCUT2D eigenvalue weighted by Crippen LogP contribution is 2.31. The zero-order valence-electron chi connectivity index (χ0n) is 22.0. The third-order valence-electron chi connectivity index (χ3n) is 7.30. The molecule has 9 nitrogen and oxygen atoms in total. The molecule has 4 heterocycles. The molecule has 2 aliphatic heterocycles. The molecule has 0 atom stereocenters. The van der Waals surface area contributed by atoms with Crippen LogP contribution < -0.4 is 9.64 Å². The molecule has 2 N–H and O–H groups in total. The van der Waals surface area contributed by atoms with Gasteiger partial charge in [-0.2, -0.15) is 0 Å². The average Bonchev–Trinajstić information content (AvgIpc) is 2.90. The summed E-state index contributed by atoms with van der Waals surface area (Å²) in [5.74, 6) is 1.97. The van der Waals surface area contributed by atoms with E-state index in [0.717, 1.165) is 63.2 Å². The van der Waals surface area contributed by atoms with E-state index in [1.807, 2.05) is 24.3 Å². The van der Waals surface area contributed by atoms with Crippen molar-refractivity contribution in [1.29, 1.82) is 0 Å². The molecule has 0 bridgehead atoms. The standard InChI is InChI=1S/C28H34Cl2N6O3/c1-34-6-8-36(9-7-34)28-31-16-24(17-32-28)39-26-11-20(18-35-4-2-19(3-5-35)12-27(37)38)10-25(33-26)21-13-22(29)15-23(30)14-21/h10-11,13-17,19,27,37-38H,2-9,12,18H2,1H3. The van der Waals surface area contributed by atoms with E-state index in [0.29, 0.717) is 52.2 Å². The first-order valence-electron chi connectivity index (χ1n) is 13.3. The number of aromatic nitrogens is 3. The molecule has 11 heteroatoms. The highest BCUT2D eigenvalue weighted by Gasteiger charge is 2.22. The monoisotopic (exact) mass is 572 g/mol. The van der Waals surface area contributed by atoms with Gasteiger partial charge in [0.25, 0.3) is 0 Å². The van der Waals surface area contributed by atoms with Crippen LogP contribution in [0, 0.1) is 5.92 Å². The maximum atomic E-state index is 9.32. The quantitative estimate of drug-likeness (QED) is 0.382. The highest BCUT2D eigenvalue weighted by molar-refractivity contribution is 6.35. The van der Waals surface area contributed by atoms with Crippen molar-refractivity contribution in [2.45, 2.75) is 32.1 Å². The van der Waals surface area contributed by atoms with Gasteiger partial charge in [-0.05, 0) is 68.7 Å². The van der Waals surface area contributed by atoms with Gasteiger partial charge in [-0.15, -0.1) is 0 Å². The molecule has 208 valence electrons. The first-order chi connectivity index (χ1) is 18.8. The lowest BCUT2D eigenvalue weighted by Gasteiger charge is -2.32. The second kappa shape index (κ2) is 12.8. The zero-order valence-corrected chi connectivity index (χ0v) is 23.5. The van der Waals surface area contributed by atoms with E-state index in [4.69, 9.17) is 32.9 Å². The van der Waals surface area contributed by atoms with Gasteiger partial charge in [-0.25, -0.2) is 15.0 Å². The summed E-state index contributed by atoms with van der Waals surface area (Å²) in [6, 6.07) is 9.34. The van der Waals surface area contributed by atoms with Gasteiger partial charge in [-0.1, -0.05) is 23.2 Å². The number of pyridine rings is 1. The largest absolute Gasteiger partial charge is 0.436 e. The van der Waals surface area contributed by atoms with E-state index in [2.05, 4.69) is 31.7 Å². The maximum absolute atomic E-state index is 9.32. The lowest BCUT2D eigenvalue weighted by atomic mass is 9.93. The number of aliphatic hydroxyl groups excluding tert-OH is 1. The van der Waals surface area contributed by atoms with Crippen LogP contribution in [0.4, 0.5) is 5.95 Å². The Morgan fingerprint density at radius 1 is 0.923 bits per heavy atom. The van der Waals surface area contributed by atoms with Crippen molar-refractivity contribution in [3.8, 4) is 22.9 Å². The number of nitrogens with zero attached hydrogens (tertiary/aromatic N) is 6. The molecule has 0 saturated carbocycles. The minimum Gasteiger partial charge on any atom is -0.436 e. The van der Waals surface area contributed by atoms with Crippen LogP contribution in [-0.2, 0) is 6.54 Å². The Morgan fingerprint density at radius 2 is 1.59 bits per heavy atom. The molecule has 0 aliphatic carbocycles. The van der Waals surface area contributed by atoms with Crippen LogP contribution in [0.5, 0.6) is 11.6 Å². The summed E-state index contributed by atoms with van der Waals surface area (Å²) in [6.07, 6.45) is 4.42. The average molecular weight is 574 g/mol. The van der Waals surface area contributed by atoms with Gasteiger partial charge in [0.05, 0.1) is 18.1 Å². The highest BCUT2D eigenvalue weighted by atomic mass is 35.5. The molecule has 2 aromatic heterocycles. The second-order valence-corrected chi connectivity index (χ2v) is 11.3. The Bertz CT molecular complexity index is 1230. The van der Waals surface area contributed by atoms with E-state index in [9.17, 15) is 10.2 Å². The molecule has 1 aromatic carbocycles. The predicted octanol–water partition coefficient (Wildman–Crippen LogP) is 4.30. The van der Waals surface area contributed by atoms with Gasteiger partial charge in [-0.3, -0.25) is 4.90 Å². The molecule has 0 unspecified atom stereocenters. The third kappa shape index (κ3) is 7.78. The summed E-state index contributed by atoms with van der Waals surface area (Å²) in [5.41, 5.74) is 2.55. The summed E-state index contributed by atoms with van der Waals surface area (Å²) in [5, 5.41) is 19.7. The molecule has 5 rings (SSSR count). The second-order valence-electron chi connectivity index (χ2n) is 10.4. The number of piperazine rings is 1. The van der Waals surface area contributed by atoms with Crippen LogP contribution in [0.2, 0.25) is 10.0 Å². The number of aliphatic hydroxyl groups is 2. The van der Waals surface area contributed by atoms with Crippen LogP contribution in [0.15, 0.2) is 42.7 Å². The third-order valence-corrected chi connectivity index (χ3v) is 7.74. The van der Waals surface area contributed by atoms with E-state index in [1.165, 1.54) is 0 Å². The van der Waals surface area contributed by atoms with Crippen LogP contribution in [-0.4, -0.2) is 87.6 Å². The Balaban J connectivity index is 1.34. The lowest BCUT2D eigenvalue weighted by molar-refractivity contribution is -0.0611. The van der Waals surface area contributed by atoms with E-state index >= 15 is 0 Å². The van der Waals surface area contributed by atoms with Crippen molar-refractivity contribution in [3.05, 3.63) is 58.3 Å². The van der Waals surface area contributed by atoms with Crippen molar-refractivity contribution < 1.29 is 14.9 Å². The number of benzene rings is 1. The molecule has 3 aromatic rings. The minimum absolute atomic E-state index is 0.329. The number of likely N-dealkylation sites (tertiary alicyclic amines) is 1. The fourth-order valence-electron chi connectivity index (χ4n) is 5.14. The SMILES string of the molecule is CN1CCN(c2ncc(Oc3cc(CN4CCC(CC(O)O)CC4)cc(-c4cc(Cl)cc(Cl)c4)n3)cn2)CC1. The van der Waals surface area contributed by atoms with E-state index in [-0.39, 0.29) is 0 Å². The van der Waals surface area contributed by atoms with Crippen molar-refractivity contribution in [3.63, 3.8) is 0 Å². The summed E-state index contributed by atoms with van der Waals surface area (Å²) in [7, 11) is 2.12. The number of ether oxygens (including phenoxy) is 1. The van der Waals surface area contributed by atoms with E-state index < -0.39 is 6.29 Å². The number of hydrogen-bond donors (Lipinski definition) is 2. The van der Waals surface area contributed by atoms with E-state index in [1.54, 1.807) is 18.5 Å². The van der Waals surface area contributed by atoms with Crippen LogP contribution >= 0.6 is 23.2 Å². The summed E-state index contributed by atoms with van der Waals surface area (Å²) in [6.45, 7) is 6.23. The van der Waals surface area contributed by atoms with Gasteiger partial charge in [0.15, 0.2) is 12.0 Å². The molecule has 2 saturated heterocycles. The number of anilines is 1. The fourth-order valence-corrected chi connectivity index (χ4v) is 5.67. The molecular weight excluding hydrogens is 539 g/mol. The number of halogens is 2. The van der Waals surface area contributed by atoms with Crippen LogP contribution in [0.1, 0.15) is 24.8 Å². The predicted molar refractivity (Wildman–Crippen MR) is 152 cm³/mol. The zero-order chi connectivity index (χ0) is 27.4. The van der Waals surface area contributed by atoms with Crippen LogP contribution in [0.25, 0.3) is 11.3 Å². The Hall–Kier alpha value is -2.53. The molecular formula is C28H34Cl2N6O3. The first kappa shape index (κ1) is 28.0. The minimum atomic E-state index is -1.24. The number of piperidine rings is 1. The topological polar surface area (TPSA) is 98.1 Å². The van der Waals surface area contributed by atoms with Crippen molar-refractivity contribution in [2.24, 2.45) is 5.92 Å². The van der Waals surface area contributed by atoms with Gasteiger partial charge in [0, 0.05) is 60.8 Å². The van der Waals surface area contributed by atoms with Crippen LogP contribution in [0.3, 0.4) is 0 Å². The number of rotatable bonds is 8. The summed E-state index contributed by atoms with van der Waals surface area (Å²) in [4.78, 5) is 20.7. The molecule has 2 fully saturated rings. The Labute approximate surface area is 239 Å². The number of hydrogen-bond acceptors (Lipinski definition) is 9. The van der Waals surface area contributed by atoms with Crippen molar-refractivity contribution in [2.75, 3.05) is 51.2 Å². The molecule has 0 amide bonds. The molecule has 2 aliphatic rings. The Kier molecular flexibility index (Phi) is 9.17. The molecule has 0 spiro atoms. The Morgan fingerprint density at radius 3 is 2.23 bits per heavy atom. The lowest BCUT2D eigenvalue weighted by Crippen LogP contribution is -2.45.